The van der Waals surface area contributed by atoms with Crippen molar-refractivity contribution < 1.29 is 0 Å². The summed E-state index contributed by atoms with van der Waals surface area (Å²) in [5.41, 5.74) is 0.814. The Morgan fingerprint density at radius 1 is 1.06 bits per heavy atom. The van der Waals surface area contributed by atoms with Gasteiger partial charge in [0.15, 0.2) is 0 Å². The van der Waals surface area contributed by atoms with Gasteiger partial charge in [-0.2, -0.15) is 0 Å². The summed E-state index contributed by atoms with van der Waals surface area (Å²) in [5, 5.41) is 5.25. The molecule has 3 unspecified atom stereocenters. The molecule has 4 heteroatoms. The summed E-state index contributed by atoms with van der Waals surface area (Å²) in [7, 11) is 0. The Morgan fingerprint density at radius 3 is 2.22 bits per heavy atom. The van der Waals surface area contributed by atoms with E-state index >= 15 is 0 Å². The zero-order valence-corrected chi connectivity index (χ0v) is 12.9. The lowest BCUT2D eigenvalue weighted by molar-refractivity contribution is 0.276. The van der Waals surface area contributed by atoms with Gasteiger partial charge in [-0.05, 0) is 43.2 Å². The van der Waals surface area contributed by atoms with Crippen LogP contribution in [0.25, 0.3) is 0 Å². The standard InChI is InChI=1S/C14H18Cl3N/c1-8-3-4-13(9(2)5-8)18-14-11(16)6-10(15)7-12(14)17/h6-9,13,18H,3-5H2,1-2H3. The van der Waals surface area contributed by atoms with E-state index in [1.807, 2.05) is 0 Å². The molecule has 100 valence electrons. The van der Waals surface area contributed by atoms with Crippen LogP contribution >= 0.6 is 34.8 Å². The summed E-state index contributed by atoms with van der Waals surface area (Å²) in [6, 6.07) is 3.90. The quantitative estimate of drug-likeness (QED) is 0.719. The molecule has 1 aromatic rings. The molecule has 0 bridgehead atoms. The minimum absolute atomic E-state index is 0.442. The highest BCUT2D eigenvalue weighted by atomic mass is 35.5. The second-order valence-electron chi connectivity index (χ2n) is 5.39. The van der Waals surface area contributed by atoms with Gasteiger partial charge >= 0.3 is 0 Å². The largest absolute Gasteiger partial charge is 0.380 e. The van der Waals surface area contributed by atoms with Crippen molar-refractivity contribution in [3.8, 4) is 0 Å². The lowest BCUT2D eigenvalue weighted by atomic mass is 9.80. The lowest BCUT2D eigenvalue weighted by Gasteiger charge is -2.34. The van der Waals surface area contributed by atoms with E-state index in [1.165, 1.54) is 12.8 Å². The third-order valence-corrected chi connectivity index (χ3v) is 4.58. The predicted octanol–water partition coefficient (Wildman–Crippen LogP) is 5.88. The Kier molecular flexibility index (Phi) is 4.69. The van der Waals surface area contributed by atoms with E-state index in [2.05, 4.69) is 19.2 Å². The molecule has 1 aliphatic rings. The second-order valence-corrected chi connectivity index (χ2v) is 6.64. The second kappa shape index (κ2) is 5.90. The van der Waals surface area contributed by atoms with Crippen LogP contribution in [0.15, 0.2) is 12.1 Å². The smallest absolute Gasteiger partial charge is 0.0722 e. The van der Waals surface area contributed by atoms with Crippen LogP contribution in [0.2, 0.25) is 15.1 Å². The van der Waals surface area contributed by atoms with Gasteiger partial charge in [-0.3, -0.25) is 0 Å². The van der Waals surface area contributed by atoms with E-state index in [0.717, 1.165) is 18.0 Å². The van der Waals surface area contributed by atoms with Gasteiger partial charge in [0.2, 0.25) is 0 Å². The molecular formula is C14H18Cl3N. The maximum Gasteiger partial charge on any atom is 0.0722 e. The molecule has 0 radical (unpaired) electrons. The van der Waals surface area contributed by atoms with Crippen molar-refractivity contribution in [1.29, 1.82) is 0 Å². The molecule has 0 aromatic heterocycles. The van der Waals surface area contributed by atoms with E-state index in [9.17, 15) is 0 Å². The number of halogens is 3. The Balaban J connectivity index is 2.14. The first-order chi connectivity index (χ1) is 8.47. The summed E-state index contributed by atoms with van der Waals surface area (Å²) in [6.45, 7) is 4.60. The Hall–Kier alpha value is -0.110. The van der Waals surface area contributed by atoms with Crippen LogP contribution in [0, 0.1) is 11.8 Å². The van der Waals surface area contributed by atoms with Crippen molar-refractivity contribution in [3.63, 3.8) is 0 Å². The summed E-state index contributed by atoms with van der Waals surface area (Å²) >= 11 is 18.3. The van der Waals surface area contributed by atoms with Crippen molar-refractivity contribution in [2.75, 3.05) is 5.32 Å². The normalized spacial score (nSPS) is 28.2. The van der Waals surface area contributed by atoms with Gasteiger partial charge in [-0.25, -0.2) is 0 Å². The first-order valence-electron chi connectivity index (χ1n) is 6.38. The maximum atomic E-state index is 6.20. The monoisotopic (exact) mass is 305 g/mol. The van der Waals surface area contributed by atoms with Gasteiger partial charge in [0.25, 0.3) is 0 Å². The average molecular weight is 307 g/mol. The van der Waals surface area contributed by atoms with Crippen molar-refractivity contribution in [2.45, 2.75) is 39.2 Å². The molecule has 18 heavy (non-hydrogen) atoms. The Morgan fingerprint density at radius 2 is 1.67 bits per heavy atom. The van der Waals surface area contributed by atoms with Crippen molar-refractivity contribution >= 4 is 40.5 Å². The van der Waals surface area contributed by atoms with E-state index in [-0.39, 0.29) is 0 Å². The molecule has 0 heterocycles. The lowest BCUT2D eigenvalue weighted by Crippen LogP contribution is -2.33. The first kappa shape index (κ1) is 14.3. The molecule has 0 amide bonds. The fraction of sp³-hybridized carbons (Fsp3) is 0.571. The van der Waals surface area contributed by atoms with Gasteiger partial charge in [-0.1, -0.05) is 48.7 Å². The van der Waals surface area contributed by atoms with Crippen LogP contribution in [-0.2, 0) is 0 Å². The molecule has 1 aliphatic carbocycles. The van der Waals surface area contributed by atoms with Crippen LogP contribution < -0.4 is 5.32 Å². The SMILES string of the molecule is CC1CCC(Nc2c(Cl)cc(Cl)cc2Cl)C(C)C1. The predicted molar refractivity (Wildman–Crippen MR) is 81.1 cm³/mol. The molecule has 1 nitrogen and oxygen atoms in total. The van der Waals surface area contributed by atoms with Crippen LogP contribution in [0.3, 0.4) is 0 Å². The first-order valence-corrected chi connectivity index (χ1v) is 7.52. The Bertz CT molecular complexity index is 410. The highest BCUT2D eigenvalue weighted by Gasteiger charge is 2.26. The minimum atomic E-state index is 0.442. The third-order valence-electron chi connectivity index (χ3n) is 3.77. The average Bonchev–Trinajstić information content (AvgIpc) is 2.25. The van der Waals surface area contributed by atoms with Gasteiger partial charge < -0.3 is 5.32 Å². The molecule has 0 spiro atoms. The van der Waals surface area contributed by atoms with Crippen LogP contribution in [0.5, 0.6) is 0 Å². The molecule has 1 saturated carbocycles. The number of nitrogens with one attached hydrogen (secondary N) is 1. The molecule has 1 N–H and O–H groups in total. The highest BCUT2D eigenvalue weighted by molar-refractivity contribution is 6.41. The fourth-order valence-corrected chi connectivity index (χ4v) is 3.67. The molecule has 3 atom stereocenters. The number of hydrogen-bond donors (Lipinski definition) is 1. The van der Waals surface area contributed by atoms with Crippen molar-refractivity contribution in [3.05, 3.63) is 27.2 Å². The number of anilines is 1. The summed E-state index contributed by atoms with van der Waals surface area (Å²) in [4.78, 5) is 0. The van der Waals surface area contributed by atoms with Gasteiger partial charge in [0.05, 0.1) is 15.7 Å². The molecule has 1 aromatic carbocycles. The van der Waals surface area contributed by atoms with E-state index < -0.39 is 0 Å². The third kappa shape index (κ3) is 3.26. The van der Waals surface area contributed by atoms with Gasteiger partial charge in [-0.15, -0.1) is 0 Å². The van der Waals surface area contributed by atoms with Crippen molar-refractivity contribution in [2.24, 2.45) is 11.8 Å². The van der Waals surface area contributed by atoms with Crippen LogP contribution in [-0.4, -0.2) is 6.04 Å². The van der Waals surface area contributed by atoms with E-state index in [1.54, 1.807) is 12.1 Å². The van der Waals surface area contributed by atoms with Gasteiger partial charge in [0, 0.05) is 11.1 Å². The number of rotatable bonds is 2. The topological polar surface area (TPSA) is 12.0 Å². The fourth-order valence-electron chi connectivity index (χ4n) is 2.75. The molecule has 2 rings (SSSR count). The van der Waals surface area contributed by atoms with Gasteiger partial charge in [0.1, 0.15) is 0 Å². The van der Waals surface area contributed by atoms with Crippen LogP contribution in [0.4, 0.5) is 5.69 Å². The highest BCUT2D eigenvalue weighted by Crippen LogP contribution is 2.37. The van der Waals surface area contributed by atoms with E-state index in [4.69, 9.17) is 34.8 Å². The summed E-state index contributed by atoms with van der Waals surface area (Å²) in [6.07, 6.45) is 3.67. The molecule has 0 aliphatic heterocycles. The molecular weight excluding hydrogens is 289 g/mol. The number of benzene rings is 1. The summed E-state index contributed by atoms with van der Waals surface area (Å²) < 4.78 is 0. The van der Waals surface area contributed by atoms with E-state index in [0.29, 0.717) is 27.0 Å². The number of hydrogen-bond acceptors (Lipinski definition) is 1. The Labute approximate surface area is 124 Å². The maximum absolute atomic E-state index is 6.20. The zero-order valence-electron chi connectivity index (χ0n) is 10.6. The molecule has 1 fully saturated rings. The summed E-state index contributed by atoms with van der Waals surface area (Å²) in [5.74, 6) is 1.45. The molecule has 0 saturated heterocycles. The van der Waals surface area contributed by atoms with Crippen molar-refractivity contribution in [1.82, 2.24) is 0 Å². The zero-order chi connectivity index (χ0) is 13.3. The minimum Gasteiger partial charge on any atom is -0.380 e. The van der Waals surface area contributed by atoms with Crippen LogP contribution in [0.1, 0.15) is 33.1 Å².